The number of carbonyl (C=O) groups is 1. The number of amides is 1. The average molecular weight is 425 g/mol. The molecule has 8 heteroatoms. The Balaban J connectivity index is 1.69. The second-order valence-electron chi connectivity index (χ2n) is 6.81. The maximum absolute atomic E-state index is 12.9. The smallest absolute Gasteiger partial charge is 0.280 e. The molecule has 0 bridgehead atoms. The number of hydrogen-bond acceptors (Lipinski definition) is 4. The Kier molecular flexibility index (Phi) is 5.83. The Labute approximate surface area is 177 Å². The van der Waals surface area contributed by atoms with Gasteiger partial charge in [0.1, 0.15) is 0 Å². The molecule has 2 N–H and O–H groups in total. The standard InChI is InChI=1S/C22H21ClN4O3/c1-2-30-11-3-10-24-21(28)14-4-9-19-17(12-14)20-18(13-25-19)22(29)27(26-20)16-7-5-15(23)6-8-16/h4-9,12-13,26H,2-3,10-11H2,1H3,(H,24,28). The minimum atomic E-state index is -0.215. The van der Waals surface area contributed by atoms with E-state index in [0.717, 1.165) is 6.42 Å². The number of ether oxygens (including phenoxy) is 1. The van der Waals surface area contributed by atoms with Gasteiger partial charge in [-0.25, -0.2) is 4.68 Å². The van der Waals surface area contributed by atoms with Crippen LogP contribution in [0.2, 0.25) is 5.02 Å². The van der Waals surface area contributed by atoms with Gasteiger partial charge in [0.15, 0.2) is 0 Å². The van der Waals surface area contributed by atoms with Crippen LogP contribution in [0.4, 0.5) is 0 Å². The number of rotatable bonds is 7. The molecule has 0 spiro atoms. The van der Waals surface area contributed by atoms with E-state index >= 15 is 0 Å². The molecule has 0 fully saturated rings. The van der Waals surface area contributed by atoms with Crippen molar-refractivity contribution in [3.63, 3.8) is 0 Å². The third-order valence-corrected chi connectivity index (χ3v) is 5.08. The molecule has 0 aliphatic rings. The number of aromatic amines is 1. The van der Waals surface area contributed by atoms with Gasteiger partial charge >= 0.3 is 0 Å². The van der Waals surface area contributed by atoms with E-state index in [1.807, 2.05) is 6.92 Å². The van der Waals surface area contributed by atoms with Crippen molar-refractivity contribution in [3.8, 4) is 5.69 Å². The first-order valence-corrected chi connectivity index (χ1v) is 10.1. The molecular weight excluding hydrogens is 404 g/mol. The van der Waals surface area contributed by atoms with Crippen LogP contribution >= 0.6 is 11.6 Å². The molecule has 0 aliphatic heterocycles. The molecule has 0 radical (unpaired) electrons. The predicted octanol–water partition coefficient (Wildman–Crippen LogP) is 3.68. The molecule has 2 heterocycles. The molecule has 0 saturated carbocycles. The number of fused-ring (bicyclic) bond motifs is 3. The van der Waals surface area contributed by atoms with Gasteiger partial charge in [-0.15, -0.1) is 0 Å². The van der Waals surface area contributed by atoms with Crippen molar-refractivity contribution in [1.82, 2.24) is 20.1 Å². The largest absolute Gasteiger partial charge is 0.382 e. The van der Waals surface area contributed by atoms with Crippen LogP contribution in [0.25, 0.3) is 27.5 Å². The predicted molar refractivity (Wildman–Crippen MR) is 118 cm³/mol. The highest BCUT2D eigenvalue weighted by molar-refractivity contribution is 6.30. The number of hydrogen-bond donors (Lipinski definition) is 2. The number of aromatic nitrogens is 3. The Morgan fingerprint density at radius 1 is 1.20 bits per heavy atom. The van der Waals surface area contributed by atoms with Crippen molar-refractivity contribution in [2.45, 2.75) is 13.3 Å². The second kappa shape index (κ2) is 8.69. The maximum Gasteiger partial charge on any atom is 0.280 e. The summed E-state index contributed by atoms with van der Waals surface area (Å²) in [4.78, 5) is 29.8. The van der Waals surface area contributed by atoms with Gasteiger partial charge < -0.3 is 10.1 Å². The monoisotopic (exact) mass is 424 g/mol. The quantitative estimate of drug-likeness (QED) is 0.443. The molecule has 0 aliphatic carbocycles. The summed E-state index contributed by atoms with van der Waals surface area (Å²) in [6, 6.07) is 12.2. The van der Waals surface area contributed by atoms with Crippen molar-refractivity contribution in [3.05, 3.63) is 69.6 Å². The summed E-state index contributed by atoms with van der Waals surface area (Å²) in [5.74, 6) is -0.176. The molecule has 0 unspecified atom stereocenters. The van der Waals surface area contributed by atoms with Crippen molar-refractivity contribution < 1.29 is 9.53 Å². The second-order valence-corrected chi connectivity index (χ2v) is 7.25. The molecule has 1 amide bonds. The van der Waals surface area contributed by atoms with E-state index in [9.17, 15) is 9.59 Å². The summed E-state index contributed by atoms with van der Waals surface area (Å²) in [6.07, 6.45) is 2.30. The van der Waals surface area contributed by atoms with Crippen LogP contribution < -0.4 is 10.9 Å². The highest BCUT2D eigenvalue weighted by Gasteiger charge is 2.14. The van der Waals surface area contributed by atoms with Crippen molar-refractivity contribution in [2.75, 3.05) is 19.8 Å². The lowest BCUT2D eigenvalue weighted by atomic mass is 10.1. The van der Waals surface area contributed by atoms with Gasteiger partial charge in [0.2, 0.25) is 0 Å². The highest BCUT2D eigenvalue weighted by Crippen LogP contribution is 2.22. The van der Waals surface area contributed by atoms with Crippen LogP contribution in [0.3, 0.4) is 0 Å². The van der Waals surface area contributed by atoms with Gasteiger partial charge in [-0.3, -0.25) is 19.7 Å². The summed E-state index contributed by atoms with van der Waals surface area (Å²) in [6.45, 7) is 3.74. The van der Waals surface area contributed by atoms with Crippen LogP contribution in [-0.2, 0) is 4.74 Å². The molecule has 2 aromatic carbocycles. The van der Waals surface area contributed by atoms with Crippen LogP contribution in [0.15, 0.2) is 53.5 Å². The third kappa shape index (κ3) is 3.94. The number of pyridine rings is 1. The molecule has 4 aromatic rings. The molecule has 4 rings (SSSR count). The Morgan fingerprint density at radius 3 is 2.77 bits per heavy atom. The van der Waals surface area contributed by atoms with E-state index in [4.69, 9.17) is 16.3 Å². The Bertz CT molecular complexity index is 1260. The van der Waals surface area contributed by atoms with Crippen molar-refractivity contribution in [1.29, 1.82) is 0 Å². The molecule has 154 valence electrons. The van der Waals surface area contributed by atoms with Crippen LogP contribution in [0, 0.1) is 0 Å². The zero-order valence-electron chi connectivity index (χ0n) is 16.4. The minimum Gasteiger partial charge on any atom is -0.382 e. The van der Waals surface area contributed by atoms with Gasteiger partial charge in [-0.05, 0) is 55.8 Å². The maximum atomic E-state index is 12.9. The first-order chi connectivity index (χ1) is 14.6. The Morgan fingerprint density at radius 2 is 2.00 bits per heavy atom. The van der Waals surface area contributed by atoms with Crippen LogP contribution in [0.5, 0.6) is 0 Å². The van der Waals surface area contributed by atoms with E-state index in [1.165, 1.54) is 4.68 Å². The first-order valence-electron chi connectivity index (χ1n) is 9.74. The molecule has 0 saturated heterocycles. The number of halogens is 1. The zero-order valence-corrected chi connectivity index (χ0v) is 17.2. The van der Waals surface area contributed by atoms with Crippen LogP contribution in [-0.4, -0.2) is 40.4 Å². The van der Waals surface area contributed by atoms with E-state index in [-0.39, 0.29) is 11.5 Å². The van der Waals surface area contributed by atoms with Gasteiger partial charge in [-0.1, -0.05) is 11.6 Å². The lowest BCUT2D eigenvalue weighted by molar-refractivity contribution is 0.0944. The molecule has 2 aromatic heterocycles. The lowest BCUT2D eigenvalue weighted by Crippen LogP contribution is -2.25. The Hall–Kier alpha value is -3.16. The number of H-pyrrole nitrogens is 1. The van der Waals surface area contributed by atoms with Gasteiger partial charge in [0.05, 0.1) is 22.1 Å². The SMILES string of the molecule is CCOCCCNC(=O)c1ccc2ncc3c(=O)n(-c4ccc(Cl)cc4)[nH]c3c2c1. The molecule has 0 atom stereocenters. The topological polar surface area (TPSA) is 89.0 Å². The number of nitrogens with one attached hydrogen (secondary N) is 2. The normalized spacial score (nSPS) is 11.3. The summed E-state index contributed by atoms with van der Waals surface area (Å²) >= 11 is 5.95. The minimum absolute atomic E-state index is 0.176. The van der Waals surface area contributed by atoms with Crippen molar-refractivity contribution >= 4 is 39.3 Å². The summed E-state index contributed by atoms with van der Waals surface area (Å²) in [7, 11) is 0. The van der Waals surface area contributed by atoms with E-state index in [2.05, 4.69) is 15.4 Å². The fourth-order valence-corrected chi connectivity index (χ4v) is 3.42. The zero-order chi connectivity index (χ0) is 21.1. The molecular formula is C22H21ClN4O3. The van der Waals surface area contributed by atoms with Gasteiger partial charge in [0.25, 0.3) is 11.5 Å². The van der Waals surface area contributed by atoms with E-state index in [0.29, 0.717) is 57.8 Å². The lowest BCUT2D eigenvalue weighted by Gasteiger charge is -2.07. The van der Waals surface area contributed by atoms with Gasteiger partial charge in [-0.2, -0.15) is 0 Å². The number of carbonyl (C=O) groups excluding carboxylic acids is 1. The van der Waals surface area contributed by atoms with E-state index in [1.54, 1.807) is 48.7 Å². The summed E-state index contributed by atoms with van der Waals surface area (Å²) < 4.78 is 6.73. The van der Waals surface area contributed by atoms with E-state index < -0.39 is 0 Å². The fraction of sp³-hybridized carbons (Fsp3) is 0.227. The van der Waals surface area contributed by atoms with Crippen LogP contribution in [0.1, 0.15) is 23.7 Å². The van der Waals surface area contributed by atoms with Gasteiger partial charge in [0, 0.05) is 41.9 Å². The number of benzene rings is 2. The van der Waals surface area contributed by atoms with Crippen molar-refractivity contribution in [2.24, 2.45) is 0 Å². The number of nitrogens with zero attached hydrogens (tertiary/aromatic N) is 2. The highest BCUT2D eigenvalue weighted by atomic mass is 35.5. The fourth-order valence-electron chi connectivity index (χ4n) is 3.29. The molecule has 30 heavy (non-hydrogen) atoms. The average Bonchev–Trinajstić information content (AvgIpc) is 3.10. The first kappa shape index (κ1) is 20.1. The third-order valence-electron chi connectivity index (χ3n) is 4.83. The summed E-state index contributed by atoms with van der Waals surface area (Å²) in [5.41, 5.74) is 2.28. The summed E-state index contributed by atoms with van der Waals surface area (Å²) in [5, 5.41) is 7.79. The molecule has 7 nitrogen and oxygen atoms in total.